The van der Waals surface area contributed by atoms with Gasteiger partial charge in [0.2, 0.25) is 18.0 Å². The number of hydrogen-bond acceptors (Lipinski definition) is 4. The van der Waals surface area contributed by atoms with Crippen LogP contribution in [-0.4, -0.2) is 42.0 Å². The average Bonchev–Trinajstić information content (AvgIpc) is 2.97. The molecule has 14 heteroatoms. The number of aliphatic imine (C=N–C) groups is 1. The average molecular weight is 621 g/mol. The van der Waals surface area contributed by atoms with Gasteiger partial charge in [-0.3, -0.25) is 14.4 Å². The van der Waals surface area contributed by atoms with E-state index in [-0.39, 0.29) is 11.4 Å². The third kappa shape index (κ3) is 11.0. The number of aryl methyl sites for hydroxylation is 2. The summed E-state index contributed by atoms with van der Waals surface area (Å²) in [6, 6.07) is 10.6. The van der Waals surface area contributed by atoms with Gasteiger partial charge >= 0.3 is 12.4 Å². The van der Waals surface area contributed by atoms with Gasteiger partial charge in [0.15, 0.2) is 0 Å². The number of hydrogen-bond donors (Lipinski definition) is 3. The molecule has 2 unspecified atom stereocenters. The Bertz CT molecular complexity index is 1310. The van der Waals surface area contributed by atoms with E-state index in [9.17, 15) is 40.7 Å². The standard InChI is InChI=1S/C24H24ClF3N4O3.C4H7F3/c1-12-8-13(2)10-15(9-12)19-16-4-3-5-17(25)20(16)31-23(35)21(30-19)32-22(34)14(11-18(29)33)6-7-24(26,27)28;1-2-3-4(5,6)7/h3-5,8-10,14,21H,6-7,11H2,1-2H3,(H2,29,33)(H,31,35)(H,32,34);2-3H2,1H3. The molecular weight excluding hydrogens is 590 g/mol. The van der Waals surface area contributed by atoms with Gasteiger partial charge in [-0.05, 0) is 44.9 Å². The topological polar surface area (TPSA) is 114 Å². The third-order valence-electron chi connectivity index (χ3n) is 5.93. The monoisotopic (exact) mass is 620 g/mol. The van der Waals surface area contributed by atoms with E-state index in [2.05, 4.69) is 15.6 Å². The smallest absolute Gasteiger partial charge is 0.370 e. The van der Waals surface area contributed by atoms with Gasteiger partial charge in [0.1, 0.15) is 0 Å². The second kappa shape index (κ2) is 14.5. The van der Waals surface area contributed by atoms with Crippen molar-refractivity contribution in [2.75, 3.05) is 5.32 Å². The lowest BCUT2D eigenvalue weighted by Crippen LogP contribution is -2.45. The highest BCUT2D eigenvalue weighted by Gasteiger charge is 2.34. The highest BCUT2D eigenvalue weighted by molar-refractivity contribution is 6.36. The third-order valence-corrected chi connectivity index (χ3v) is 6.24. The lowest BCUT2D eigenvalue weighted by atomic mass is 9.97. The number of nitrogens with one attached hydrogen (secondary N) is 2. The molecule has 3 amide bonds. The van der Waals surface area contributed by atoms with E-state index >= 15 is 0 Å². The number of carbonyl (C=O) groups is 3. The quantitative estimate of drug-likeness (QED) is 0.298. The number of halogens is 7. The second-order valence-electron chi connectivity index (χ2n) is 9.80. The molecule has 3 rings (SSSR count). The number of alkyl halides is 6. The van der Waals surface area contributed by atoms with Gasteiger partial charge in [0.05, 0.1) is 16.4 Å². The molecule has 7 nitrogen and oxygen atoms in total. The number of benzene rings is 2. The first-order chi connectivity index (χ1) is 19.4. The molecule has 230 valence electrons. The molecule has 0 fully saturated rings. The van der Waals surface area contributed by atoms with Crippen LogP contribution < -0.4 is 16.4 Å². The van der Waals surface area contributed by atoms with Gasteiger partial charge in [0.25, 0.3) is 5.91 Å². The fourth-order valence-electron chi connectivity index (χ4n) is 4.18. The molecular formula is C28H31ClF6N4O3. The van der Waals surface area contributed by atoms with Gasteiger partial charge in [0, 0.05) is 36.3 Å². The zero-order valence-corrected chi connectivity index (χ0v) is 23.8. The number of primary amides is 1. The van der Waals surface area contributed by atoms with E-state index in [0.29, 0.717) is 22.5 Å². The zero-order valence-electron chi connectivity index (χ0n) is 23.0. The molecule has 1 heterocycles. The molecule has 1 aliphatic heterocycles. The maximum absolute atomic E-state index is 13.0. The van der Waals surface area contributed by atoms with Crippen LogP contribution in [0, 0.1) is 19.8 Å². The summed E-state index contributed by atoms with van der Waals surface area (Å²) in [7, 11) is 0. The molecule has 0 aliphatic carbocycles. The first kappa shape index (κ1) is 34.6. The first-order valence-corrected chi connectivity index (χ1v) is 13.3. The Morgan fingerprint density at radius 1 is 1.05 bits per heavy atom. The van der Waals surface area contributed by atoms with E-state index < -0.39 is 67.8 Å². The number of rotatable bonds is 8. The highest BCUT2D eigenvalue weighted by atomic mass is 35.5. The summed E-state index contributed by atoms with van der Waals surface area (Å²) in [6.45, 7) is 5.29. The minimum absolute atomic E-state index is 0.184. The SMILES string of the molecule is CCCC(F)(F)F.Cc1cc(C)cc(C2=NC(NC(=O)C(CCC(F)(F)F)CC(N)=O)C(=O)Nc3c(Cl)cccc32)c1. The number of fused-ring (bicyclic) bond motifs is 1. The number of para-hydroxylation sites is 1. The van der Waals surface area contributed by atoms with Crippen LogP contribution in [0.3, 0.4) is 0 Å². The normalized spacial score (nSPS) is 15.7. The van der Waals surface area contributed by atoms with Crippen molar-refractivity contribution in [3.8, 4) is 0 Å². The van der Waals surface area contributed by atoms with Crippen LogP contribution in [0.1, 0.15) is 61.3 Å². The minimum atomic E-state index is -4.53. The molecule has 0 radical (unpaired) electrons. The van der Waals surface area contributed by atoms with E-state index in [0.717, 1.165) is 11.1 Å². The Hall–Kier alpha value is -3.61. The largest absolute Gasteiger partial charge is 0.389 e. The maximum Gasteiger partial charge on any atom is 0.389 e. The lowest BCUT2D eigenvalue weighted by molar-refractivity contribution is -0.143. The number of carbonyl (C=O) groups excluding carboxylic acids is 3. The molecule has 1 aliphatic rings. The Kier molecular flexibility index (Phi) is 12.0. The second-order valence-corrected chi connectivity index (χ2v) is 10.2. The fraction of sp³-hybridized carbons (Fsp3) is 0.429. The summed E-state index contributed by atoms with van der Waals surface area (Å²) < 4.78 is 71.4. The van der Waals surface area contributed by atoms with Gasteiger partial charge in [-0.1, -0.05) is 47.9 Å². The molecule has 0 saturated heterocycles. The van der Waals surface area contributed by atoms with Crippen LogP contribution in [0.5, 0.6) is 0 Å². The lowest BCUT2D eigenvalue weighted by Gasteiger charge is -2.19. The van der Waals surface area contributed by atoms with Gasteiger partial charge in [-0.15, -0.1) is 0 Å². The molecule has 2 aromatic carbocycles. The highest BCUT2D eigenvalue weighted by Crippen LogP contribution is 2.31. The maximum atomic E-state index is 13.0. The van der Waals surface area contributed by atoms with Crippen LogP contribution in [0.15, 0.2) is 41.4 Å². The zero-order chi connectivity index (χ0) is 31.8. The van der Waals surface area contributed by atoms with Crippen molar-refractivity contribution in [3.05, 3.63) is 63.7 Å². The Labute approximate surface area is 243 Å². The van der Waals surface area contributed by atoms with Crippen molar-refractivity contribution in [2.45, 2.75) is 71.4 Å². The van der Waals surface area contributed by atoms with Crippen molar-refractivity contribution >= 4 is 40.7 Å². The van der Waals surface area contributed by atoms with E-state index in [4.69, 9.17) is 17.3 Å². The number of nitrogens with zero attached hydrogens (tertiary/aromatic N) is 1. The first-order valence-electron chi connectivity index (χ1n) is 12.9. The van der Waals surface area contributed by atoms with E-state index in [1.165, 1.54) is 6.92 Å². The van der Waals surface area contributed by atoms with Gasteiger partial charge < -0.3 is 16.4 Å². The number of amides is 3. The summed E-state index contributed by atoms with van der Waals surface area (Å²) in [4.78, 5) is 41.7. The predicted molar refractivity (Wildman–Crippen MR) is 147 cm³/mol. The molecule has 4 N–H and O–H groups in total. The van der Waals surface area contributed by atoms with Crippen LogP contribution in [0.2, 0.25) is 5.02 Å². The summed E-state index contributed by atoms with van der Waals surface area (Å²) >= 11 is 6.33. The Balaban J connectivity index is 0.000000782. The number of nitrogens with two attached hydrogens (primary N) is 1. The number of benzodiazepines with no additional fused rings is 1. The molecule has 0 saturated carbocycles. The Morgan fingerprint density at radius 2 is 1.64 bits per heavy atom. The predicted octanol–water partition coefficient (Wildman–Crippen LogP) is 6.37. The van der Waals surface area contributed by atoms with Crippen LogP contribution in [0.25, 0.3) is 0 Å². The van der Waals surface area contributed by atoms with Gasteiger partial charge in [-0.2, -0.15) is 26.3 Å². The van der Waals surface area contributed by atoms with E-state index in [1.54, 1.807) is 18.2 Å². The van der Waals surface area contributed by atoms with Crippen LogP contribution in [0.4, 0.5) is 32.0 Å². The molecule has 42 heavy (non-hydrogen) atoms. The van der Waals surface area contributed by atoms with E-state index in [1.807, 2.05) is 32.0 Å². The molecule has 2 aromatic rings. The molecule has 0 spiro atoms. The van der Waals surface area contributed by atoms with Crippen molar-refractivity contribution in [1.29, 1.82) is 0 Å². The van der Waals surface area contributed by atoms with Crippen LogP contribution >= 0.6 is 11.6 Å². The Morgan fingerprint density at radius 3 is 2.14 bits per heavy atom. The summed E-state index contributed by atoms with van der Waals surface area (Å²) in [5, 5.41) is 5.26. The number of anilines is 1. The molecule has 0 bridgehead atoms. The van der Waals surface area contributed by atoms with Crippen LogP contribution in [-0.2, 0) is 14.4 Å². The fourth-order valence-corrected chi connectivity index (χ4v) is 4.40. The van der Waals surface area contributed by atoms with Crippen molar-refractivity contribution < 1.29 is 40.7 Å². The van der Waals surface area contributed by atoms with Crippen molar-refractivity contribution in [2.24, 2.45) is 16.6 Å². The molecule has 2 atom stereocenters. The van der Waals surface area contributed by atoms with Gasteiger partial charge in [-0.25, -0.2) is 4.99 Å². The minimum Gasteiger partial charge on any atom is -0.370 e. The molecule has 0 aromatic heterocycles. The summed E-state index contributed by atoms with van der Waals surface area (Å²) in [5.74, 6) is -3.98. The summed E-state index contributed by atoms with van der Waals surface area (Å²) in [5.41, 5.74) is 8.83. The van der Waals surface area contributed by atoms with Crippen molar-refractivity contribution in [1.82, 2.24) is 5.32 Å². The summed E-state index contributed by atoms with van der Waals surface area (Å²) in [6.07, 6.45) is -13.0. The van der Waals surface area contributed by atoms with Crippen molar-refractivity contribution in [3.63, 3.8) is 0 Å².